The Morgan fingerprint density at radius 3 is 3.06 bits per heavy atom. The first-order chi connectivity index (χ1) is 8.70. The molecular formula is C14H23N3O. The molecule has 1 aliphatic heterocycles. The van der Waals surface area contributed by atoms with Crippen molar-refractivity contribution >= 4 is 5.82 Å². The Morgan fingerprint density at radius 1 is 1.56 bits per heavy atom. The highest BCUT2D eigenvalue weighted by atomic mass is 16.5. The third-order valence-electron chi connectivity index (χ3n) is 3.60. The fraction of sp³-hybridized carbons (Fsp3) is 0.643. The fourth-order valence-corrected chi connectivity index (χ4v) is 2.43. The molecule has 1 fully saturated rings. The molecule has 1 N–H and O–H groups in total. The molecule has 0 aliphatic carbocycles. The smallest absolute Gasteiger partial charge is 0.168 e. The van der Waals surface area contributed by atoms with Crippen LogP contribution in [0.2, 0.25) is 0 Å². The molecular weight excluding hydrogens is 226 g/mol. The van der Waals surface area contributed by atoms with Crippen molar-refractivity contribution in [1.29, 1.82) is 0 Å². The summed E-state index contributed by atoms with van der Waals surface area (Å²) in [5.41, 5.74) is 0. The van der Waals surface area contributed by atoms with Crippen LogP contribution in [0.1, 0.15) is 20.3 Å². The zero-order chi connectivity index (χ0) is 13.0. The van der Waals surface area contributed by atoms with Crippen molar-refractivity contribution in [1.82, 2.24) is 9.88 Å². The molecule has 100 valence electrons. The maximum Gasteiger partial charge on any atom is 0.168 e. The van der Waals surface area contributed by atoms with Crippen molar-refractivity contribution in [2.45, 2.75) is 26.3 Å². The number of methoxy groups -OCH3 is 1. The SMILES string of the molecule is COc1cccnc1NCC1CCN(C(C)C)C1. The Kier molecular flexibility index (Phi) is 4.42. The number of aromatic nitrogens is 1. The predicted molar refractivity (Wildman–Crippen MR) is 74.1 cm³/mol. The molecule has 1 aliphatic rings. The zero-order valence-corrected chi connectivity index (χ0v) is 11.5. The van der Waals surface area contributed by atoms with Gasteiger partial charge < -0.3 is 15.0 Å². The topological polar surface area (TPSA) is 37.4 Å². The minimum atomic E-state index is 0.652. The second kappa shape index (κ2) is 6.05. The Bertz CT molecular complexity index is 381. The summed E-state index contributed by atoms with van der Waals surface area (Å²) in [5, 5.41) is 3.40. The molecule has 18 heavy (non-hydrogen) atoms. The van der Waals surface area contributed by atoms with Gasteiger partial charge in [0.25, 0.3) is 0 Å². The van der Waals surface area contributed by atoms with Crippen molar-refractivity contribution in [3.8, 4) is 5.75 Å². The Morgan fingerprint density at radius 2 is 2.39 bits per heavy atom. The van der Waals surface area contributed by atoms with Gasteiger partial charge in [-0.15, -0.1) is 0 Å². The van der Waals surface area contributed by atoms with Crippen molar-refractivity contribution in [3.05, 3.63) is 18.3 Å². The average Bonchev–Trinajstić information content (AvgIpc) is 2.85. The number of likely N-dealkylation sites (tertiary alicyclic amines) is 1. The standard InChI is InChI=1S/C14H23N3O/c1-11(2)17-8-6-12(10-17)9-16-14-13(18-3)5-4-7-15-14/h4-5,7,11-12H,6,8-10H2,1-3H3,(H,15,16). The summed E-state index contributed by atoms with van der Waals surface area (Å²) in [6, 6.07) is 4.48. The molecule has 0 bridgehead atoms. The van der Waals surface area contributed by atoms with Gasteiger partial charge in [0.05, 0.1) is 7.11 Å². The summed E-state index contributed by atoms with van der Waals surface area (Å²) in [6.07, 6.45) is 3.06. The van der Waals surface area contributed by atoms with Gasteiger partial charge in [-0.2, -0.15) is 0 Å². The molecule has 0 spiro atoms. The van der Waals surface area contributed by atoms with Crippen LogP contribution in [0.15, 0.2) is 18.3 Å². The predicted octanol–water partition coefficient (Wildman–Crippen LogP) is 2.23. The first-order valence-corrected chi connectivity index (χ1v) is 6.67. The normalized spacial score (nSPS) is 20.3. The number of nitrogens with zero attached hydrogens (tertiary/aromatic N) is 2. The summed E-state index contributed by atoms with van der Waals surface area (Å²) in [4.78, 5) is 6.84. The molecule has 4 nitrogen and oxygen atoms in total. The maximum absolute atomic E-state index is 5.28. The fourth-order valence-electron chi connectivity index (χ4n) is 2.43. The van der Waals surface area contributed by atoms with Gasteiger partial charge >= 0.3 is 0 Å². The van der Waals surface area contributed by atoms with E-state index in [1.807, 2.05) is 12.1 Å². The number of ether oxygens (including phenoxy) is 1. The van der Waals surface area contributed by atoms with Crippen molar-refractivity contribution in [2.24, 2.45) is 5.92 Å². The number of hydrogen-bond acceptors (Lipinski definition) is 4. The highest BCUT2D eigenvalue weighted by molar-refractivity contribution is 5.49. The molecule has 2 heterocycles. The molecule has 0 aromatic carbocycles. The van der Waals surface area contributed by atoms with Crippen LogP contribution < -0.4 is 10.1 Å². The quantitative estimate of drug-likeness (QED) is 0.868. The molecule has 4 heteroatoms. The van der Waals surface area contributed by atoms with Gasteiger partial charge in [-0.25, -0.2) is 4.98 Å². The molecule has 0 saturated carbocycles. The van der Waals surface area contributed by atoms with E-state index in [0.29, 0.717) is 12.0 Å². The lowest BCUT2D eigenvalue weighted by molar-refractivity contribution is 0.266. The molecule has 1 unspecified atom stereocenters. The molecule has 0 amide bonds. The van der Waals surface area contributed by atoms with Gasteiger partial charge in [-0.05, 0) is 44.9 Å². The van der Waals surface area contributed by atoms with Crippen LogP contribution in [0.4, 0.5) is 5.82 Å². The third kappa shape index (κ3) is 3.13. The molecule has 1 atom stereocenters. The lowest BCUT2D eigenvalue weighted by Crippen LogP contribution is -2.29. The van der Waals surface area contributed by atoms with Gasteiger partial charge in [0, 0.05) is 25.3 Å². The van der Waals surface area contributed by atoms with Crippen molar-refractivity contribution < 1.29 is 4.74 Å². The number of nitrogens with one attached hydrogen (secondary N) is 1. The van der Waals surface area contributed by atoms with Crippen LogP contribution in [0.25, 0.3) is 0 Å². The van der Waals surface area contributed by atoms with Gasteiger partial charge in [-0.1, -0.05) is 0 Å². The first-order valence-electron chi connectivity index (χ1n) is 6.67. The molecule has 1 saturated heterocycles. The van der Waals surface area contributed by atoms with Gasteiger partial charge in [0.1, 0.15) is 0 Å². The highest BCUT2D eigenvalue weighted by Crippen LogP contribution is 2.23. The van der Waals surface area contributed by atoms with E-state index in [9.17, 15) is 0 Å². The van der Waals surface area contributed by atoms with Gasteiger partial charge in [0.2, 0.25) is 0 Å². The number of rotatable bonds is 5. The van der Waals surface area contributed by atoms with E-state index in [4.69, 9.17) is 4.74 Å². The van der Waals surface area contributed by atoms with Crippen LogP contribution in [0.5, 0.6) is 5.75 Å². The van der Waals surface area contributed by atoms with E-state index in [1.165, 1.54) is 19.5 Å². The summed E-state index contributed by atoms with van der Waals surface area (Å²) in [6.45, 7) is 7.88. The summed E-state index contributed by atoms with van der Waals surface area (Å²) < 4.78 is 5.28. The Hall–Kier alpha value is -1.29. The Labute approximate surface area is 109 Å². The van der Waals surface area contributed by atoms with E-state index >= 15 is 0 Å². The van der Waals surface area contributed by atoms with E-state index in [2.05, 4.69) is 29.0 Å². The third-order valence-corrected chi connectivity index (χ3v) is 3.60. The van der Waals surface area contributed by atoms with E-state index in [-0.39, 0.29) is 0 Å². The van der Waals surface area contributed by atoms with Crippen LogP contribution in [-0.2, 0) is 0 Å². The molecule has 1 aromatic heterocycles. The van der Waals surface area contributed by atoms with Crippen molar-refractivity contribution in [2.75, 3.05) is 32.1 Å². The number of pyridine rings is 1. The highest BCUT2D eigenvalue weighted by Gasteiger charge is 2.24. The maximum atomic E-state index is 5.28. The van der Waals surface area contributed by atoms with Crippen LogP contribution in [-0.4, -0.2) is 42.7 Å². The summed E-state index contributed by atoms with van der Waals surface area (Å²) in [7, 11) is 1.68. The molecule has 0 radical (unpaired) electrons. The molecule has 2 rings (SSSR count). The van der Waals surface area contributed by atoms with Crippen LogP contribution >= 0.6 is 0 Å². The second-order valence-electron chi connectivity index (χ2n) is 5.18. The van der Waals surface area contributed by atoms with Crippen LogP contribution in [0.3, 0.4) is 0 Å². The minimum Gasteiger partial charge on any atom is -0.493 e. The van der Waals surface area contributed by atoms with Gasteiger partial charge in [0.15, 0.2) is 11.6 Å². The Balaban J connectivity index is 1.85. The van der Waals surface area contributed by atoms with E-state index in [1.54, 1.807) is 13.3 Å². The monoisotopic (exact) mass is 249 g/mol. The number of anilines is 1. The summed E-state index contributed by atoms with van der Waals surface area (Å²) >= 11 is 0. The van der Waals surface area contributed by atoms with E-state index in [0.717, 1.165) is 18.1 Å². The summed E-state index contributed by atoms with van der Waals surface area (Å²) in [5.74, 6) is 2.37. The number of hydrogen-bond donors (Lipinski definition) is 1. The second-order valence-corrected chi connectivity index (χ2v) is 5.18. The zero-order valence-electron chi connectivity index (χ0n) is 11.5. The van der Waals surface area contributed by atoms with Crippen LogP contribution in [0, 0.1) is 5.92 Å². The largest absolute Gasteiger partial charge is 0.493 e. The minimum absolute atomic E-state index is 0.652. The molecule has 1 aromatic rings. The lowest BCUT2D eigenvalue weighted by Gasteiger charge is -2.20. The first kappa shape index (κ1) is 13.1. The lowest BCUT2D eigenvalue weighted by atomic mass is 10.1. The van der Waals surface area contributed by atoms with Gasteiger partial charge in [-0.3, -0.25) is 0 Å². The van der Waals surface area contributed by atoms with Crippen molar-refractivity contribution in [3.63, 3.8) is 0 Å². The van der Waals surface area contributed by atoms with E-state index < -0.39 is 0 Å². The average molecular weight is 249 g/mol.